The first-order chi connectivity index (χ1) is 15.6. The van der Waals surface area contributed by atoms with Crippen LogP contribution in [0.3, 0.4) is 0 Å². The van der Waals surface area contributed by atoms with Crippen LogP contribution < -0.4 is 20.3 Å². The molecule has 7 nitrogen and oxygen atoms in total. The molecular weight excluding hydrogens is 560 g/mol. The molecule has 3 aromatic rings. The maximum Gasteiger partial charge on any atom is 0.254 e. The summed E-state index contributed by atoms with van der Waals surface area (Å²) in [7, 11) is -0.702. The average Bonchev–Trinajstić information content (AvgIpc) is 3.58. The Hall–Kier alpha value is -2.60. The summed E-state index contributed by atoms with van der Waals surface area (Å²) < 4.78 is 50.7. The van der Waals surface area contributed by atoms with Crippen LogP contribution in [0, 0.1) is 16.3 Å². The molecule has 174 valence electrons. The number of hydrogen-bond donors (Lipinski definition) is 2. The van der Waals surface area contributed by atoms with E-state index in [4.69, 9.17) is 4.74 Å². The molecule has 2 atom stereocenters. The number of aryl methyl sites for hydroxylation is 1. The van der Waals surface area contributed by atoms with Crippen molar-refractivity contribution >= 4 is 49.8 Å². The normalized spacial score (nSPS) is 17.5. The Labute approximate surface area is 205 Å². The zero-order chi connectivity index (χ0) is 23.9. The van der Waals surface area contributed by atoms with Gasteiger partial charge in [-0.15, -0.1) is 0 Å². The topological polar surface area (TPSA) is 89.4 Å². The fourth-order valence-electron chi connectivity index (χ4n) is 3.81. The molecule has 1 aliphatic rings. The minimum Gasteiger partial charge on any atom is -0.497 e. The highest BCUT2D eigenvalue weighted by Gasteiger charge is 2.48. The SMILES string of the molecule is COc1cccc(C2CC2S(=O)(=O)Nc2cc(C)c(=O)n(C)c2Nc2ccc(I)cc2F)c1. The van der Waals surface area contributed by atoms with E-state index >= 15 is 0 Å². The minimum absolute atomic E-state index is 0.135. The molecule has 0 bridgehead atoms. The summed E-state index contributed by atoms with van der Waals surface area (Å²) in [5, 5.41) is 2.27. The molecule has 1 heterocycles. The number of hydrogen-bond acceptors (Lipinski definition) is 5. The number of benzene rings is 2. The van der Waals surface area contributed by atoms with Gasteiger partial charge in [0.15, 0.2) is 0 Å². The van der Waals surface area contributed by atoms with E-state index in [1.807, 2.05) is 46.9 Å². The van der Waals surface area contributed by atoms with Gasteiger partial charge in [-0.2, -0.15) is 0 Å². The van der Waals surface area contributed by atoms with Crippen LogP contribution in [0.1, 0.15) is 23.5 Å². The first-order valence-electron chi connectivity index (χ1n) is 10.2. The Morgan fingerprint density at radius 2 is 1.91 bits per heavy atom. The third-order valence-electron chi connectivity index (χ3n) is 5.68. The second-order valence-electron chi connectivity index (χ2n) is 8.01. The Morgan fingerprint density at radius 3 is 2.61 bits per heavy atom. The van der Waals surface area contributed by atoms with E-state index < -0.39 is 21.1 Å². The molecule has 0 amide bonds. The monoisotopic (exact) mass is 583 g/mol. The maximum atomic E-state index is 14.5. The van der Waals surface area contributed by atoms with Gasteiger partial charge in [-0.05, 0) is 77.9 Å². The summed E-state index contributed by atoms with van der Waals surface area (Å²) >= 11 is 2.00. The summed E-state index contributed by atoms with van der Waals surface area (Å²) in [6.07, 6.45) is 0.474. The molecule has 0 aliphatic heterocycles. The highest BCUT2D eigenvalue weighted by Crippen LogP contribution is 2.47. The molecule has 10 heteroatoms. The van der Waals surface area contributed by atoms with Crippen molar-refractivity contribution in [3.8, 4) is 5.75 Å². The summed E-state index contributed by atoms with van der Waals surface area (Å²) in [6, 6.07) is 13.4. The molecule has 0 saturated heterocycles. The van der Waals surface area contributed by atoms with Crippen molar-refractivity contribution in [1.29, 1.82) is 0 Å². The predicted octanol–water partition coefficient (Wildman–Crippen LogP) is 4.49. The summed E-state index contributed by atoms with van der Waals surface area (Å²) in [4.78, 5) is 12.5. The highest BCUT2D eigenvalue weighted by molar-refractivity contribution is 14.1. The quantitative estimate of drug-likeness (QED) is 0.401. The molecule has 0 spiro atoms. The number of halogens is 2. The number of anilines is 3. The van der Waals surface area contributed by atoms with Crippen molar-refractivity contribution < 1.29 is 17.5 Å². The largest absolute Gasteiger partial charge is 0.497 e. The molecule has 0 radical (unpaired) electrons. The second-order valence-corrected chi connectivity index (χ2v) is 11.2. The van der Waals surface area contributed by atoms with Gasteiger partial charge in [0.1, 0.15) is 17.4 Å². The summed E-state index contributed by atoms with van der Waals surface area (Å²) in [5.74, 6) is 0.163. The molecule has 1 aliphatic carbocycles. The molecule has 1 fully saturated rings. The molecule has 1 saturated carbocycles. The third kappa shape index (κ3) is 4.86. The van der Waals surface area contributed by atoms with Gasteiger partial charge < -0.3 is 10.1 Å². The van der Waals surface area contributed by atoms with Crippen LogP contribution in [-0.4, -0.2) is 25.3 Å². The zero-order valence-corrected chi connectivity index (χ0v) is 21.2. The Bertz CT molecular complexity index is 1390. The fourth-order valence-corrected chi connectivity index (χ4v) is 5.92. The van der Waals surface area contributed by atoms with Crippen LogP contribution >= 0.6 is 22.6 Å². The summed E-state index contributed by atoms with van der Waals surface area (Å²) in [6.45, 7) is 1.60. The second kappa shape index (κ2) is 8.98. The van der Waals surface area contributed by atoms with Gasteiger partial charge in [0.05, 0.1) is 23.7 Å². The maximum absolute atomic E-state index is 14.5. The molecule has 4 rings (SSSR count). The molecule has 1 aromatic heterocycles. The number of methoxy groups -OCH3 is 1. The molecule has 33 heavy (non-hydrogen) atoms. The van der Waals surface area contributed by atoms with Gasteiger partial charge in [0, 0.05) is 22.1 Å². The number of nitrogens with zero attached hydrogens (tertiary/aromatic N) is 1. The van der Waals surface area contributed by atoms with Gasteiger partial charge in [-0.3, -0.25) is 14.1 Å². The van der Waals surface area contributed by atoms with Gasteiger partial charge in [-0.1, -0.05) is 12.1 Å². The number of sulfonamides is 1. The first-order valence-corrected chi connectivity index (χ1v) is 12.8. The van der Waals surface area contributed by atoms with E-state index in [9.17, 15) is 17.6 Å². The first kappa shape index (κ1) is 23.6. The van der Waals surface area contributed by atoms with Gasteiger partial charge >= 0.3 is 0 Å². The van der Waals surface area contributed by atoms with E-state index in [-0.39, 0.29) is 28.7 Å². The lowest BCUT2D eigenvalue weighted by atomic mass is 10.1. The lowest BCUT2D eigenvalue weighted by Crippen LogP contribution is -2.26. The fraction of sp³-hybridized carbons (Fsp3) is 0.261. The van der Waals surface area contributed by atoms with Crippen LogP contribution in [0.5, 0.6) is 5.75 Å². The van der Waals surface area contributed by atoms with Gasteiger partial charge in [-0.25, -0.2) is 12.8 Å². The number of nitrogens with one attached hydrogen (secondary N) is 2. The molecule has 2 unspecified atom stereocenters. The van der Waals surface area contributed by atoms with Crippen molar-refractivity contribution in [1.82, 2.24) is 4.57 Å². The average molecular weight is 583 g/mol. The van der Waals surface area contributed by atoms with Crippen LogP contribution in [0.2, 0.25) is 0 Å². The van der Waals surface area contributed by atoms with Crippen molar-refractivity contribution in [2.24, 2.45) is 7.05 Å². The van der Waals surface area contributed by atoms with E-state index in [1.54, 1.807) is 26.2 Å². The van der Waals surface area contributed by atoms with Crippen LogP contribution in [0.25, 0.3) is 0 Å². The lowest BCUT2D eigenvalue weighted by Gasteiger charge is -2.19. The van der Waals surface area contributed by atoms with E-state index in [2.05, 4.69) is 10.0 Å². The van der Waals surface area contributed by atoms with Crippen LogP contribution in [-0.2, 0) is 17.1 Å². The Morgan fingerprint density at radius 1 is 1.15 bits per heavy atom. The third-order valence-corrected chi connectivity index (χ3v) is 8.18. The molecule has 2 aromatic carbocycles. The zero-order valence-electron chi connectivity index (χ0n) is 18.2. The predicted molar refractivity (Wildman–Crippen MR) is 136 cm³/mol. The molecule has 2 N–H and O–H groups in total. The smallest absolute Gasteiger partial charge is 0.254 e. The molecular formula is C23H23FIN3O4S. The highest BCUT2D eigenvalue weighted by atomic mass is 127. The standard InChI is InChI=1S/C23H23FIN3O4S/c1-13-9-20(22(28(2)23(13)29)26-19-8-7-15(25)11-18(19)24)27-33(30,31)21-12-17(21)14-5-4-6-16(10-14)32-3/h4-11,17,21,26-27H,12H2,1-3H3. The number of pyridine rings is 1. The lowest BCUT2D eigenvalue weighted by molar-refractivity contribution is 0.414. The summed E-state index contributed by atoms with van der Waals surface area (Å²) in [5.41, 5.74) is 1.26. The van der Waals surface area contributed by atoms with Crippen molar-refractivity contribution in [2.75, 3.05) is 17.1 Å². The van der Waals surface area contributed by atoms with Crippen molar-refractivity contribution in [2.45, 2.75) is 24.5 Å². The van der Waals surface area contributed by atoms with Crippen LogP contribution in [0.15, 0.2) is 53.3 Å². The Kier molecular flexibility index (Phi) is 6.41. The van der Waals surface area contributed by atoms with Gasteiger partial charge in [0.2, 0.25) is 10.0 Å². The van der Waals surface area contributed by atoms with E-state index in [0.29, 0.717) is 21.3 Å². The van der Waals surface area contributed by atoms with E-state index in [1.165, 1.54) is 23.7 Å². The Balaban J connectivity index is 1.65. The van der Waals surface area contributed by atoms with Crippen molar-refractivity contribution in [3.63, 3.8) is 0 Å². The number of rotatable bonds is 7. The number of aromatic nitrogens is 1. The van der Waals surface area contributed by atoms with E-state index in [0.717, 1.165) is 5.56 Å². The van der Waals surface area contributed by atoms with Crippen LogP contribution in [0.4, 0.5) is 21.6 Å². The number of ether oxygens (including phenoxy) is 1. The van der Waals surface area contributed by atoms with Crippen molar-refractivity contribution in [3.05, 3.63) is 79.4 Å². The van der Waals surface area contributed by atoms with Gasteiger partial charge in [0.25, 0.3) is 5.56 Å². The minimum atomic E-state index is -3.78.